The lowest BCUT2D eigenvalue weighted by Gasteiger charge is -2.37. The van der Waals surface area contributed by atoms with Gasteiger partial charge in [0.05, 0.1) is 11.2 Å². The molecule has 0 aromatic carbocycles. The van der Waals surface area contributed by atoms with Gasteiger partial charge in [-0.1, -0.05) is 33.6 Å². The van der Waals surface area contributed by atoms with Crippen LogP contribution in [0.4, 0.5) is 0 Å². The van der Waals surface area contributed by atoms with Gasteiger partial charge in [0.1, 0.15) is 0 Å². The monoisotopic (exact) mass is 211 g/mol. The van der Waals surface area contributed by atoms with E-state index in [4.69, 9.17) is 12.2 Å². The molecule has 2 unspecified atom stereocenters. The second-order valence-corrected chi connectivity index (χ2v) is 4.81. The molecule has 0 saturated heterocycles. The minimum atomic E-state index is 0.457. The molecule has 1 aliphatic rings. The van der Waals surface area contributed by atoms with Crippen LogP contribution >= 0.6 is 12.2 Å². The Morgan fingerprint density at radius 1 is 1.21 bits per heavy atom. The quantitative estimate of drug-likeness (QED) is 0.509. The van der Waals surface area contributed by atoms with Gasteiger partial charge in [-0.05, 0) is 42.8 Å². The fourth-order valence-corrected chi connectivity index (χ4v) is 3.00. The second kappa shape index (κ2) is 5.63. The molecule has 2 heteroatoms. The van der Waals surface area contributed by atoms with Crippen molar-refractivity contribution in [2.24, 2.45) is 22.7 Å². The molecule has 1 rings (SSSR count). The molecule has 0 aromatic heterocycles. The van der Waals surface area contributed by atoms with Crippen LogP contribution in [0.1, 0.15) is 46.5 Å². The molecule has 0 N–H and O–H groups in total. The molecule has 1 aliphatic carbocycles. The van der Waals surface area contributed by atoms with Crippen molar-refractivity contribution in [3.05, 3.63) is 0 Å². The Hall–Kier alpha value is -0.200. The minimum absolute atomic E-state index is 0.457. The summed E-state index contributed by atoms with van der Waals surface area (Å²) in [5.41, 5.74) is 0. The van der Waals surface area contributed by atoms with Gasteiger partial charge in [-0.15, -0.1) is 0 Å². The first-order valence-corrected chi connectivity index (χ1v) is 6.20. The van der Waals surface area contributed by atoms with Crippen molar-refractivity contribution in [3.63, 3.8) is 0 Å². The Morgan fingerprint density at radius 3 is 2.07 bits per heavy atom. The van der Waals surface area contributed by atoms with Gasteiger partial charge >= 0.3 is 0 Å². The van der Waals surface area contributed by atoms with E-state index in [1.807, 2.05) is 0 Å². The molecule has 0 aromatic rings. The standard InChI is InChI=1S/C12H21NS/c1-4-10-6-9(3)7-11(5-2)12(10)13-8-14/h9-12H,4-7H2,1-3H3. The van der Waals surface area contributed by atoms with Gasteiger partial charge in [0.2, 0.25) is 0 Å². The predicted octanol–water partition coefficient (Wildman–Crippen LogP) is 3.94. The summed E-state index contributed by atoms with van der Waals surface area (Å²) in [6.07, 6.45) is 5.09. The number of thiocarbonyl (C=S) groups is 1. The molecule has 0 amide bonds. The van der Waals surface area contributed by atoms with Gasteiger partial charge < -0.3 is 0 Å². The molecule has 80 valence electrons. The number of aliphatic imine (C=N–C) groups is 1. The van der Waals surface area contributed by atoms with E-state index in [9.17, 15) is 0 Å². The summed E-state index contributed by atoms with van der Waals surface area (Å²) in [5, 5.41) is 2.59. The Morgan fingerprint density at radius 2 is 1.71 bits per heavy atom. The van der Waals surface area contributed by atoms with Crippen molar-refractivity contribution in [2.75, 3.05) is 0 Å². The number of nitrogens with zero attached hydrogens (tertiary/aromatic N) is 1. The molecule has 0 aliphatic heterocycles. The van der Waals surface area contributed by atoms with E-state index >= 15 is 0 Å². The van der Waals surface area contributed by atoms with Crippen molar-refractivity contribution in [3.8, 4) is 0 Å². The number of isothiocyanates is 1. The zero-order chi connectivity index (χ0) is 10.6. The Balaban J connectivity index is 2.76. The third-order valence-corrected chi connectivity index (χ3v) is 3.73. The highest BCUT2D eigenvalue weighted by Gasteiger charge is 2.33. The SMILES string of the molecule is CCC1CC(C)CC(CC)C1N=C=S. The topological polar surface area (TPSA) is 12.4 Å². The average molecular weight is 211 g/mol. The summed E-state index contributed by atoms with van der Waals surface area (Å²) in [6, 6.07) is 0.457. The minimum Gasteiger partial charge on any atom is -0.229 e. The molecular weight excluding hydrogens is 190 g/mol. The first-order valence-electron chi connectivity index (χ1n) is 5.79. The summed E-state index contributed by atoms with van der Waals surface area (Å²) < 4.78 is 0. The van der Waals surface area contributed by atoms with E-state index in [2.05, 4.69) is 30.9 Å². The van der Waals surface area contributed by atoms with Crippen LogP contribution in [0.5, 0.6) is 0 Å². The number of hydrogen-bond donors (Lipinski definition) is 0. The second-order valence-electron chi connectivity index (χ2n) is 4.62. The van der Waals surface area contributed by atoms with Gasteiger partial charge in [0.25, 0.3) is 0 Å². The first kappa shape index (κ1) is 11.9. The smallest absolute Gasteiger partial charge is 0.0659 e. The van der Waals surface area contributed by atoms with Crippen LogP contribution in [0.3, 0.4) is 0 Å². The van der Waals surface area contributed by atoms with E-state index < -0.39 is 0 Å². The maximum absolute atomic E-state index is 4.75. The predicted molar refractivity (Wildman–Crippen MR) is 64.8 cm³/mol. The molecule has 1 saturated carbocycles. The van der Waals surface area contributed by atoms with Gasteiger partial charge in [-0.2, -0.15) is 0 Å². The fraction of sp³-hybridized carbons (Fsp3) is 0.917. The van der Waals surface area contributed by atoms with E-state index in [1.165, 1.54) is 25.7 Å². The molecule has 2 atom stereocenters. The van der Waals surface area contributed by atoms with Crippen LogP contribution < -0.4 is 0 Å². The van der Waals surface area contributed by atoms with Crippen molar-refractivity contribution < 1.29 is 0 Å². The lowest BCUT2D eigenvalue weighted by Crippen LogP contribution is -2.34. The van der Waals surface area contributed by atoms with Crippen molar-refractivity contribution in [2.45, 2.75) is 52.5 Å². The lowest BCUT2D eigenvalue weighted by molar-refractivity contribution is 0.164. The first-order chi connectivity index (χ1) is 6.72. The van der Waals surface area contributed by atoms with Gasteiger partial charge in [-0.25, -0.2) is 4.99 Å². The molecular formula is C12H21NS. The number of hydrogen-bond acceptors (Lipinski definition) is 2. The van der Waals surface area contributed by atoms with Crippen molar-refractivity contribution in [1.29, 1.82) is 0 Å². The Kier molecular flexibility index (Phi) is 4.77. The van der Waals surface area contributed by atoms with Crippen molar-refractivity contribution >= 4 is 17.4 Å². The zero-order valence-corrected chi connectivity index (χ0v) is 10.3. The number of rotatable bonds is 3. The molecule has 1 nitrogen and oxygen atoms in total. The molecule has 1 fully saturated rings. The van der Waals surface area contributed by atoms with Crippen molar-refractivity contribution in [1.82, 2.24) is 0 Å². The van der Waals surface area contributed by atoms with Crippen LogP contribution in [-0.4, -0.2) is 11.2 Å². The van der Waals surface area contributed by atoms with Crippen LogP contribution in [-0.2, 0) is 0 Å². The Bertz CT molecular complexity index is 206. The van der Waals surface area contributed by atoms with Crippen LogP contribution in [0, 0.1) is 17.8 Å². The third-order valence-electron chi connectivity index (χ3n) is 3.63. The van der Waals surface area contributed by atoms with E-state index in [0.29, 0.717) is 6.04 Å². The summed E-state index contributed by atoms with van der Waals surface area (Å²) in [6.45, 7) is 6.89. The molecule has 0 radical (unpaired) electrons. The third kappa shape index (κ3) is 2.65. The van der Waals surface area contributed by atoms with Crippen LogP contribution in [0.2, 0.25) is 0 Å². The molecule has 0 spiro atoms. The average Bonchev–Trinajstić information content (AvgIpc) is 2.20. The summed E-state index contributed by atoms with van der Waals surface area (Å²) in [7, 11) is 0. The van der Waals surface area contributed by atoms with E-state index in [0.717, 1.165) is 17.8 Å². The summed E-state index contributed by atoms with van der Waals surface area (Å²) in [5.74, 6) is 2.33. The normalized spacial score (nSPS) is 37.6. The fourth-order valence-electron chi connectivity index (χ4n) is 2.88. The summed E-state index contributed by atoms with van der Waals surface area (Å²) in [4.78, 5) is 4.39. The maximum atomic E-state index is 4.75. The highest BCUT2D eigenvalue weighted by molar-refractivity contribution is 7.78. The van der Waals surface area contributed by atoms with Gasteiger partial charge in [0, 0.05) is 0 Å². The van der Waals surface area contributed by atoms with Crippen LogP contribution in [0.15, 0.2) is 4.99 Å². The van der Waals surface area contributed by atoms with Gasteiger partial charge in [0.15, 0.2) is 0 Å². The zero-order valence-electron chi connectivity index (χ0n) is 9.49. The van der Waals surface area contributed by atoms with Crippen LogP contribution in [0.25, 0.3) is 0 Å². The molecule has 0 heterocycles. The molecule has 14 heavy (non-hydrogen) atoms. The Labute approximate surface area is 93.0 Å². The van der Waals surface area contributed by atoms with E-state index in [1.54, 1.807) is 0 Å². The lowest BCUT2D eigenvalue weighted by atomic mass is 9.70. The highest BCUT2D eigenvalue weighted by Crippen LogP contribution is 2.38. The van der Waals surface area contributed by atoms with E-state index in [-0.39, 0.29) is 0 Å². The van der Waals surface area contributed by atoms with Gasteiger partial charge in [-0.3, -0.25) is 0 Å². The maximum Gasteiger partial charge on any atom is 0.0659 e. The molecule has 0 bridgehead atoms. The highest BCUT2D eigenvalue weighted by atomic mass is 32.1. The summed E-state index contributed by atoms with van der Waals surface area (Å²) >= 11 is 4.75. The largest absolute Gasteiger partial charge is 0.229 e.